The summed E-state index contributed by atoms with van der Waals surface area (Å²) >= 11 is 0. The lowest BCUT2D eigenvalue weighted by Gasteiger charge is -2.11. The quantitative estimate of drug-likeness (QED) is 0.730. The number of hydrogen-bond donors (Lipinski definition) is 1. The van der Waals surface area contributed by atoms with Crippen LogP contribution in [0.4, 0.5) is 0 Å². The second-order valence-electron chi connectivity index (χ2n) is 3.84. The van der Waals surface area contributed by atoms with Gasteiger partial charge in [-0.1, -0.05) is 12.1 Å². The molecular weight excluding hydrogens is 172 g/mol. The SMILES string of the molecule is Cc1cc([C@H]2CCCN2)ccc1C#N. The number of nitrogens with zero attached hydrogens (tertiary/aromatic N) is 1. The van der Waals surface area contributed by atoms with Gasteiger partial charge < -0.3 is 5.32 Å². The highest BCUT2D eigenvalue weighted by Gasteiger charge is 2.16. The van der Waals surface area contributed by atoms with Crippen molar-refractivity contribution < 1.29 is 0 Å². The van der Waals surface area contributed by atoms with Crippen LogP contribution in [0.1, 0.15) is 35.6 Å². The molecule has 1 N–H and O–H groups in total. The van der Waals surface area contributed by atoms with Crippen LogP contribution in [0.25, 0.3) is 0 Å². The lowest BCUT2D eigenvalue weighted by molar-refractivity contribution is 0.647. The van der Waals surface area contributed by atoms with E-state index in [1.807, 2.05) is 13.0 Å². The predicted octanol–water partition coefficient (Wildman–Crippen LogP) is 2.29. The largest absolute Gasteiger partial charge is 0.310 e. The fourth-order valence-corrected chi connectivity index (χ4v) is 2.00. The van der Waals surface area contributed by atoms with Crippen LogP contribution in [0.3, 0.4) is 0 Å². The summed E-state index contributed by atoms with van der Waals surface area (Å²) in [5, 5.41) is 12.3. The lowest BCUT2D eigenvalue weighted by atomic mass is 10.00. The summed E-state index contributed by atoms with van der Waals surface area (Å²) in [5.41, 5.74) is 3.18. The van der Waals surface area contributed by atoms with Crippen LogP contribution in [-0.2, 0) is 0 Å². The highest BCUT2D eigenvalue weighted by Crippen LogP contribution is 2.24. The first kappa shape index (κ1) is 9.23. The minimum absolute atomic E-state index is 0.501. The Morgan fingerprint density at radius 2 is 2.36 bits per heavy atom. The second kappa shape index (κ2) is 3.81. The summed E-state index contributed by atoms with van der Waals surface area (Å²) in [6.07, 6.45) is 2.47. The molecule has 1 fully saturated rings. The fourth-order valence-electron chi connectivity index (χ4n) is 2.00. The third-order valence-corrected chi connectivity index (χ3v) is 2.83. The normalized spacial score (nSPS) is 20.7. The number of nitriles is 1. The van der Waals surface area contributed by atoms with Crippen molar-refractivity contribution >= 4 is 0 Å². The molecule has 2 rings (SSSR count). The van der Waals surface area contributed by atoms with E-state index < -0.39 is 0 Å². The molecule has 1 aromatic rings. The van der Waals surface area contributed by atoms with E-state index in [1.54, 1.807) is 0 Å². The molecule has 0 spiro atoms. The summed E-state index contributed by atoms with van der Waals surface area (Å²) in [6, 6.07) is 8.81. The van der Waals surface area contributed by atoms with Gasteiger partial charge in [-0.2, -0.15) is 5.26 Å². The monoisotopic (exact) mass is 186 g/mol. The molecule has 72 valence electrons. The van der Waals surface area contributed by atoms with Crippen molar-refractivity contribution in [2.75, 3.05) is 6.54 Å². The third-order valence-electron chi connectivity index (χ3n) is 2.83. The van der Waals surface area contributed by atoms with Gasteiger partial charge in [0.15, 0.2) is 0 Å². The Bertz CT molecular complexity index is 370. The van der Waals surface area contributed by atoms with E-state index in [9.17, 15) is 0 Å². The standard InChI is InChI=1S/C12H14N2/c1-9-7-10(4-5-11(9)8-13)12-3-2-6-14-12/h4-5,7,12,14H,2-3,6H2,1H3/t12-/m1/s1. The number of nitrogens with one attached hydrogen (secondary N) is 1. The molecule has 1 saturated heterocycles. The van der Waals surface area contributed by atoms with Crippen molar-refractivity contribution in [1.29, 1.82) is 5.26 Å². The lowest BCUT2D eigenvalue weighted by Crippen LogP contribution is -2.12. The molecule has 0 amide bonds. The van der Waals surface area contributed by atoms with E-state index in [1.165, 1.54) is 18.4 Å². The Balaban J connectivity index is 2.28. The first-order valence-corrected chi connectivity index (χ1v) is 5.05. The van der Waals surface area contributed by atoms with Crippen molar-refractivity contribution in [2.45, 2.75) is 25.8 Å². The average Bonchev–Trinajstić information content (AvgIpc) is 2.70. The summed E-state index contributed by atoms with van der Waals surface area (Å²) < 4.78 is 0. The third kappa shape index (κ3) is 1.64. The van der Waals surface area contributed by atoms with Crippen molar-refractivity contribution in [3.63, 3.8) is 0 Å². The zero-order valence-electron chi connectivity index (χ0n) is 8.38. The van der Waals surface area contributed by atoms with Crippen molar-refractivity contribution in [1.82, 2.24) is 5.32 Å². The Labute approximate surface area is 84.6 Å². The van der Waals surface area contributed by atoms with Gasteiger partial charge in [-0.3, -0.25) is 0 Å². The summed E-state index contributed by atoms with van der Waals surface area (Å²) in [4.78, 5) is 0. The van der Waals surface area contributed by atoms with E-state index >= 15 is 0 Å². The maximum absolute atomic E-state index is 8.81. The molecule has 2 heteroatoms. The van der Waals surface area contributed by atoms with Gasteiger partial charge in [0.2, 0.25) is 0 Å². The maximum Gasteiger partial charge on any atom is 0.0994 e. The molecule has 0 aliphatic carbocycles. The van der Waals surface area contributed by atoms with Crippen molar-refractivity contribution in [3.05, 3.63) is 34.9 Å². The smallest absolute Gasteiger partial charge is 0.0994 e. The minimum atomic E-state index is 0.501. The van der Waals surface area contributed by atoms with Gasteiger partial charge in [0.05, 0.1) is 11.6 Å². The van der Waals surface area contributed by atoms with Gasteiger partial charge in [-0.25, -0.2) is 0 Å². The van der Waals surface area contributed by atoms with E-state index in [0.717, 1.165) is 17.7 Å². The van der Waals surface area contributed by atoms with Crippen LogP contribution in [-0.4, -0.2) is 6.54 Å². The Morgan fingerprint density at radius 1 is 1.50 bits per heavy atom. The topological polar surface area (TPSA) is 35.8 Å². The molecule has 14 heavy (non-hydrogen) atoms. The van der Waals surface area contributed by atoms with Gasteiger partial charge >= 0.3 is 0 Å². The van der Waals surface area contributed by atoms with Gasteiger partial charge in [-0.15, -0.1) is 0 Å². The van der Waals surface area contributed by atoms with E-state index in [0.29, 0.717) is 6.04 Å². The Hall–Kier alpha value is -1.33. The highest BCUT2D eigenvalue weighted by molar-refractivity contribution is 5.40. The first-order chi connectivity index (χ1) is 6.81. The number of aryl methyl sites for hydroxylation is 1. The Morgan fingerprint density at radius 3 is 2.93 bits per heavy atom. The fraction of sp³-hybridized carbons (Fsp3) is 0.417. The predicted molar refractivity (Wildman–Crippen MR) is 55.9 cm³/mol. The first-order valence-electron chi connectivity index (χ1n) is 5.05. The highest BCUT2D eigenvalue weighted by atomic mass is 14.9. The maximum atomic E-state index is 8.81. The van der Waals surface area contributed by atoms with Gasteiger partial charge in [0.25, 0.3) is 0 Å². The molecule has 1 atom stereocenters. The van der Waals surface area contributed by atoms with Crippen molar-refractivity contribution in [2.24, 2.45) is 0 Å². The van der Waals surface area contributed by atoms with Crippen LogP contribution < -0.4 is 5.32 Å². The summed E-state index contributed by atoms with van der Waals surface area (Å²) in [7, 11) is 0. The zero-order chi connectivity index (χ0) is 9.97. The van der Waals surface area contributed by atoms with Crippen LogP contribution in [0, 0.1) is 18.3 Å². The van der Waals surface area contributed by atoms with E-state index in [2.05, 4.69) is 23.5 Å². The van der Waals surface area contributed by atoms with Crippen LogP contribution in [0.2, 0.25) is 0 Å². The van der Waals surface area contributed by atoms with Crippen LogP contribution in [0.15, 0.2) is 18.2 Å². The second-order valence-corrected chi connectivity index (χ2v) is 3.84. The molecule has 1 aliphatic heterocycles. The molecular formula is C12H14N2. The number of benzene rings is 1. The van der Waals surface area contributed by atoms with Crippen LogP contribution in [0.5, 0.6) is 0 Å². The molecule has 2 nitrogen and oxygen atoms in total. The van der Waals surface area contributed by atoms with Gasteiger partial charge in [0.1, 0.15) is 0 Å². The van der Waals surface area contributed by atoms with E-state index in [4.69, 9.17) is 5.26 Å². The van der Waals surface area contributed by atoms with E-state index in [-0.39, 0.29) is 0 Å². The minimum Gasteiger partial charge on any atom is -0.310 e. The Kier molecular flexibility index (Phi) is 2.51. The number of hydrogen-bond acceptors (Lipinski definition) is 2. The van der Waals surface area contributed by atoms with Gasteiger partial charge in [0, 0.05) is 6.04 Å². The van der Waals surface area contributed by atoms with Crippen molar-refractivity contribution in [3.8, 4) is 6.07 Å². The summed E-state index contributed by atoms with van der Waals surface area (Å²) in [5.74, 6) is 0. The van der Waals surface area contributed by atoms with Gasteiger partial charge in [-0.05, 0) is 43.5 Å². The molecule has 0 radical (unpaired) electrons. The molecule has 1 aliphatic rings. The number of rotatable bonds is 1. The molecule has 0 aromatic heterocycles. The molecule has 0 saturated carbocycles. The molecule has 1 aromatic carbocycles. The molecule has 0 bridgehead atoms. The molecule has 0 unspecified atom stereocenters. The zero-order valence-corrected chi connectivity index (χ0v) is 8.38. The van der Waals surface area contributed by atoms with Crippen LogP contribution >= 0.6 is 0 Å². The average molecular weight is 186 g/mol. The summed E-state index contributed by atoms with van der Waals surface area (Å²) in [6.45, 7) is 3.11. The molecule has 1 heterocycles.